The van der Waals surface area contributed by atoms with Gasteiger partial charge in [-0.05, 0) is 28.5 Å². The summed E-state index contributed by atoms with van der Waals surface area (Å²) in [6, 6.07) is 3.90. The number of aliphatic hydroxyl groups excluding tert-OH is 2. The molecule has 1 atom stereocenters. The smallest absolute Gasteiger partial charge is 0.287 e. The van der Waals surface area contributed by atoms with Crippen molar-refractivity contribution in [2.45, 2.75) is 6.10 Å². The zero-order valence-electron chi connectivity index (χ0n) is 13.2. The molecular weight excluding hydrogens is 373 g/mol. The fraction of sp³-hybridized carbons (Fsp3) is 0.286. The van der Waals surface area contributed by atoms with Crippen LogP contribution < -0.4 is 15.4 Å². The lowest BCUT2D eigenvalue weighted by Gasteiger charge is -2.09. The molecule has 2 rings (SSSR count). The Morgan fingerprint density at radius 2 is 2.23 bits per heavy atom. The van der Waals surface area contributed by atoms with Gasteiger partial charge in [-0.15, -0.1) is 0 Å². The predicted octanol–water partition coefficient (Wildman–Crippen LogP) is 0.148. The Labute approximate surface area is 151 Å². The van der Waals surface area contributed by atoms with Gasteiger partial charge in [0.1, 0.15) is 12.4 Å². The Morgan fingerprint density at radius 3 is 2.92 bits per heavy atom. The molecule has 1 heterocycles. The second-order valence-electron chi connectivity index (χ2n) is 4.88. The van der Waals surface area contributed by atoms with Crippen LogP contribution in [0.1, 0.15) is 5.69 Å². The Balaban J connectivity index is 1.89. The fourth-order valence-corrected chi connectivity index (χ4v) is 1.85. The van der Waals surface area contributed by atoms with Gasteiger partial charge in [-0.3, -0.25) is 10.2 Å². The molecule has 0 saturated heterocycles. The molecule has 10 nitrogen and oxygen atoms in total. The molecule has 1 aromatic heterocycles. The molecule has 1 unspecified atom stereocenters. The summed E-state index contributed by atoms with van der Waals surface area (Å²) in [4.78, 5) is 11.3. The van der Waals surface area contributed by atoms with E-state index in [1.165, 1.54) is 12.1 Å². The van der Waals surface area contributed by atoms with E-state index in [4.69, 9.17) is 32.0 Å². The Bertz CT molecular complexity index is 787. The van der Waals surface area contributed by atoms with E-state index in [0.29, 0.717) is 0 Å². The summed E-state index contributed by atoms with van der Waals surface area (Å²) in [5, 5.41) is 37.5. The van der Waals surface area contributed by atoms with Crippen molar-refractivity contribution in [1.82, 2.24) is 15.6 Å². The number of aromatic nitrogens is 2. The van der Waals surface area contributed by atoms with Gasteiger partial charge < -0.3 is 25.6 Å². The summed E-state index contributed by atoms with van der Waals surface area (Å²) in [7, 11) is 0. The van der Waals surface area contributed by atoms with Crippen LogP contribution in [0.25, 0.3) is 0 Å². The zero-order valence-corrected chi connectivity index (χ0v) is 14.0. The average molecular weight is 388 g/mol. The Morgan fingerprint density at radius 1 is 1.46 bits per heavy atom. The predicted molar refractivity (Wildman–Crippen MR) is 87.8 cm³/mol. The first-order valence-corrected chi connectivity index (χ1v) is 7.63. The number of hydrogen-bond donors (Lipinski definition) is 5. The first kappa shape index (κ1) is 19.6. The first-order chi connectivity index (χ1) is 12.4. The third-order valence-corrected chi connectivity index (χ3v) is 3.31. The van der Waals surface area contributed by atoms with E-state index in [0.717, 1.165) is 6.07 Å². The van der Waals surface area contributed by atoms with Gasteiger partial charge in [0.2, 0.25) is 5.69 Å². The lowest BCUT2D eigenvalue weighted by Crippen LogP contribution is -2.38. The number of ether oxygens (including phenoxy) is 1. The largest absolute Gasteiger partial charge is 0.472 e. The number of carbonyl (C=O) groups excluding carboxylic acids is 1. The molecule has 0 fully saturated rings. The number of aliphatic hydroxyl groups is 2. The number of benzene rings is 1. The third-order valence-electron chi connectivity index (χ3n) is 3.00. The number of nitrogens with zero attached hydrogens (tertiary/aromatic N) is 2. The van der Waals surface area contributed by atoms with Gasteiger partial charge in [0, 0.05) is 5.69 Å². The van der Waals surface area contributed by atoms with Crippen LogP contribution in [0, 0.1) is 11.2 Å². The summed E-state index contributed by atoms with van der Waals surface area (Å²) >= 11 is 5.59. The van der Waals surface area contributed by atoms with Crippen molar-refractivity contribution >= 4 is 29.0 Å². The van der Waals surface area contributed by atoms with Gasteiger partial charge in [0.15, 0.2) is 11.9 Å². The number of halogens is 2. The lowest BCUT2D eigenvalue weighted by molar-refractivity contribution is -0.131. The highest BCUT2D eigenvalue weighted by atomic mass is 35.5. The van der Waals surface area contributed by atoms with Crippen LogP contribution in [0.15, 0.2) is 22.8 Å². The van der Waals surface area contributed by atoms with E-state index in [2.05, 4.69) is 25.6 Å². The zero-order chi connectivity index (χ0) is 19.1. The number of carbonyl (C=O) groups is 1. The maximum atomic E-state index is 13.4. The summed E-state index contributed by atoms with van der Waals surface area (Å²) in [6.45, 7) is -0.753. The maximum absolute atomic E-state index is 13.4. The van der Waals surface area contributed by atoms with Crippen molar-refractivity contribution < 1.29 is 28.8 Å². The van der Waals surface area contributed by atoms with Gasteiger partial charge in [-0.1, -0.05) is 11.6 Å². The van der Waals surface area contributed by atoms with Crippen LogP contribution in [0.4, 0.5) is 10.1 Å². The first-order valence-electron chi connectivity index (χ1n) is 7.25. The van der Waals surface area contributed by atoms with Crippen LogP contribution >= 0.6 is 11.6 Å². The minimum atomic E-state index is -1.52. The van der Waals surface area contributed by atoms with E-state index in [-0.39, 0.29) is 41.3 Å². The summed E-state index contributed by atoms with van der Waals surface area (Å²) in [6.07, 6.45) is -1.52. The van der Waals surface area contributed by atoms with Crippen LogP contribution in [0.2, 0.25) is 5.02 Å². The molecule has 0 aliphatic heterocycles. The molecule has 0 radical (unpaired) electrons. The Kier molecular flexibility index (Phi) is 6.83. The maximum Gasteiger partial charge on any atom is 0.287 e. The minimum absolute atomic E-state index is 0.00531. The van der Waals surface area contributed by atoms with Crippen LogP contribution in [0.5, 0.6) is 5.88 Å². The molecule has 1 aromatic carbocycles. The molecule has 26 heavy (non-hydrogen) atoms. The molecule has 0 saturated carbocycles. The number of amidine groups is 1. The SMILES string of the molecule is N=C(Nc1ccc(Cl)c(F)c1)c1nonc1OCCNC(=O)C(O)CO. The van der Waals surface area contributed by atoms with Crippen molar-refractivity contribution in [3.8, 4) is 5.88 Å². The molecule has 0 spiro atoms. The molecule has 140 valence electrons. The van der Waals surface area contributed by atoms with Crippen molar-refractivity contribution in [2.24, 2.45) is 0 Å². The lowest BCUT2D eigenvalue weighted by atomic mass is 10.3. The average Bonchev–Trinajstić information content (AvgIpc) is 3.09. The van der Waals surface area contributed by atoms with Gasteiger partial charge in [-0.2, -0.15) is 0 Å². The second kappa shape index (κ2) is 9.08. The number of anilines is 1. The Hall–Kier alpha value is -2.76. The highest BCUT2D eigenvalue weighted by molar-refractivity contribution is 6.30. The van der Waals surface area contributed by atoms with E-state index >= 15 is 0 Å². The summed E-state index contributed by atoms with van der Waals surface area (Å²) in [5.74, 6) is -1.79. The van der Waals surface area contributed by atoms with Gasteiger partial charge in [0.25, 0.3) is 11.8 Å². The third kappa shape index (κ3) is 5.12. The minimum Gasteiger partial charge on any atom is -0.472 e. The summed E-state index contributed by atoms with van der Waals surface area (Å²) in [5.41, 5.74) is 0.193. The quantitative estimate of drug-likeness (QED) is 0.243. The molecule has 5 N–H and O–H groups in total. The van der Waals surface area contributed by atoms with Crippen LogP contribution in [0.3, 0.4) is 0 Å². The summed E-state index contributed by atoms with van der Waals surface area (Å²) < 4.78 is 23.2. The molecule has 0 aliphatic rings. The highest BCUT2D eigenvalue weighted by Gasteiger charge is 2.18. The van der Waals surface area contributed by atoms with Crippen LogP contribution in [-0.2, 0) is 4.79 Å². The molecule has 12 heteroatoms. The second-order valence-corrected chi connectivity index (χ2v) is 5.29. The van der Waals surface area contributed by atoms with Gasteiger partial charge >= 0.3 is 0 Å². The van der Waals surface area contributed by atoms with Gasteiger partial charge in [0.05, 0.1) is 18.2 Å². The molecule has 0 aliphatic carbocycles. The topological polar surface area (TPSA) is 154 Å². The molecule has 0 bridgehead atoms. The number of rotatable bonds is 8. The number of nitrogens with one attached hydrogen (secondary N) is 3. The van der Waals surface area contributed by atoms with E-state index in [1.54, 1.807) is 0 Å². The number of hydrogen-bond acceptors (Lipinski definition) is 8. The number of amides is 1. The molecule has 2 aromatic rings. The monoisotopic (exact) mass is 387 g/mol. The van der Waals surface area contributed by atoms with Crippen molar-refractivity contribution in [3.63, 3.8) is 0 Å². The standard InChI is InChI=1S/C14H15ClFN5O5/c15-8-2-1-7(5-9(8)16)19-12(17)11-14(21-26-20-11)25-4-3-18-13(24)10(23)6-22/h1-2,5,10,22-23H,3-4,6H2,(H2,17,19)(H,18,24). The van der Waals surface area contributed by atoms with Crippen LogP contribution in [-0.4, -0.2) is 58.1 Å². The highest BCUT2D eigenvalue weighted by Crippen LogP contribution is 2.20. The van der Waals surface area contributed by atoms with E-state index < -0.39 is 24.4 Å². The van der Waals surface area contributed by atoms with Crippen molar-refractivity contribution in [1.29, 1.82) is 5.41 Å². The normalized spacial score (nSPS) is 11.7. The van der Waals surface area contributed by atoms with Gasteiger partial charge in [-0.25, -0.2) is 9.02 Å². The van der Waals surface area contributed by atoms with Crippen molar-refractivity contribution in [2.75, 3.05) is 25.1 Å². The van der Waals surface area contributed by atoms with E-state index in [9.17, 15) is 9.18 Å². The molecule has 1 amide bonds. The fourth-order valence-electron chi connectivity index (χ4n) is 1.73. The molecular formula is C14H15ClFN5O5. The van der Waals surface area contributed by atoms with E-state index in [1.807, 2.05) is 0 Å². The van der Waals surface area contributed by atoms with Crippen molar-refractivity contribution in [3.05, 3.63) is 34.7 Å².